The van der Waals surface area contributed by atoms with Gasteiger partial charge in [-0.3, -0.25) is 9.59 Å². The molecule has 1 aromatic heterocycles. The molecule has 2 aliphatic rings. The lowest BCUT2D eigenvalue weighted by atomic mass is 10.2. The van der Waals surface area contributed by atoms with E-state index in [1.165, 1.54) is 25.5 Å². The molecule has 2 aliphatic heterocycles. The number of anilines is 2. The van der Waals surface area contributed by atoms with E-state index in [1.54, 1.807) is 0 Å². The summed E-state index contributed by atoms with van der Waals surface area (Å²) in [5.74, 6) is -0.0356. The summed E-state index contributed by atoms with van der Waals surface area (Å²) in [6, 6.07) is 6.42. The Morgan fingerprint density at radius 2 is 1.82 bits per heavy atom. The lowest BCUT2D eigenvalue weighted by molar-refractivity contribution is -0.134. The van der Waals surface area contributed by atoms with Crippen LogP contribution in [0.5, 0.6) is 17.5 Å². The van der Waals surface area contributed by atoms with E-state index in [2.05, 4.69) is 45.9 Å². The van der Waals surface area contributed by atoms with Crippen molar-refractivity contribution in [3.8, 4) is 17.5 Å². The Balaban J connectivity index is 1.49. The summed E-state index contributed by atoms with van der Waals surface area (Å²) in [7, 11) is 5.38. The number of likely N-dealkylation sites (N-methyl/N-ethyl adjacent to an activating group) is 1. The molecule has 4 rings (SSSR count). The van der Waals surface area contributed by atoms with Crippen molar-refractivity contribution in [2.24, 2.45) is 0 Å². The molecule has 2 unspecified atom stereocenters. The van der Waals surface area contributed by atoms with Gasteiger partial charge in [0.15, 0.2) is 5.69 Å². The molecule has 1 amide bonds. The third-order valence-corrected chi connectivity index (χ3v) is 8.94. The highest BCUT2D eigenvalue weighted by Gasteiger charge is 2.37. The van der Waals surface area contributed by atoms with Crippen molar-refractivity contribution in [2.45, 2.75) is 45.1 Å². The van der Waals surface area contributed by atoms with E-state index in [4.69, 9.17) is 18.9 Å². The zero-order valence-corrected chi connectivity index (χ0v) is 24.8. The molecular weight excluding hydrogens is 518 g/mol. The number of nitrogens with one attached hydrogen (secondary N) is 1. The molecule has 0 saturated carbocycles. The molecule has 12 heteroatoms. The summed E-state index contributed by atoms with van der Waals surface area (Å²) in [4.78, 5) is 39.1. The molecule has 3 heterocycles. The average molecular weight is 556 g/mol. The molecule has 11 nitrogen and oxygen atoms in total. The highest BCUT2D eigenvalue weighted by atomic mass is 28.3. The number of benzene rings is 1. The molecule has 2 aromatic rings. The number of carbonyl (C=O) groups excluding carboxylic acids is 2. The van der Waals surface area contributed by atoms with Crippen LogP contribution in [0.2, 0.25) is 19.6 Å². The predicted octanol–water partition coefficient (Wildman–Crippen LogP) is 2.31. The van der Waals surface area contributed by atoms with Gasteiger partial charge in [0, 0.05) is 19.1 Å². The Hall–Kier alpha value is -3.64. The van der Waals surface area contributed by atoms with Crippen LogP contribution in [0.3, 0.4) is 0 Å². The first-order valence-corrected chi connectivity index (χ1v) is 16.3. The summed E-state index contributed by atoms with van der Waals surface area (Å²) in [5, 5.41) is 3.86. The molecule has 1 aromatic carbocycles. The minimum Gasteiger partial charge on any atom is -0.479 e. The lowest BCUT2D eigenvalue weighted by Gasteiger charge is -2.22. The summed E-state index contributed by atoms with van der Waals surface area (Å²) in [6.07, 6.45) is 0.724. The molecule has 39 heavy (non-hydrogen) atoms. The Morgan fingerprint density at radius 3 is 2.38 bits per heavy atom. The van der Waals surface area contributed by atoms with Crippen LogP contribution in [0.25, 0.3) is 0 Å². The number of hydrogen-bond acceptors (Lipinski definition) is 10. The summed E-state index contributed by atoms with van der Waals surface area (Å²) >= 11 is 0. The van der Waals surface area contributed by atoms with E-state index in [1.807, 2.05) is 38.1 Å². The van der Waals surface area contributed by atoms with E-state index in [0.717, 1.165) is 25.1 Å². The van der Waals surface area contributed by atoms with Gasteiger partial charge in [0.2, 0.25) is 29.6 Å². The van der Waals surface area contributed by atoms with Gasteiger partial charge >= 0.3 is 0 Å². The maximum Gasteiger partial charge on any atom is 0.289 e. The summed E-state index contributed by atoms with van der Waals surface area (Å²) < 4.78 is 22.5. The number of carbonyl (C=O) groups is 2. The molecule has 1 fully saturated rings. The van der Waals surface area contributed by atoms with Crippen molar-refractivity contribution in [3.05, 3.63) is 35.8 Å². The minimum atomic E-state index is -1.58. The van der Waals surface area contributed by atoms with Crippen LogP contribution in [-0.4, -0.2) is 88.2 Å². The number of aromatic nitrogens is 2. The van der Waals surface area contributed by atoms with Gasteiger partial charge in [0.1, 0.15) is 5.75 Å². The maximum absolute atomic E-state index is 13.1. The topological polar surface area (TPSA) is 115 Å². The fraction of sp³-hybridized carbons (Fsp3) is 0.481. The maximum atomic E-state index is 13.1. The first kappa shape index (κ1) is 28.4. The van der Waals surface area contributed by atoms with Crippen molar-refractivity contribution < 1.29 is 28.5 Å². The second kappa shape index (κ2) is 11.2. The van der Waals surface area contributed by atoms with E-state index >= 15 is 0 Å². The number of methoxy groups -OCH3 is 2. The van der Waals surface area contributed by atoms with Gasteiger partial charge in [-0.2, -0.15) is 9.97 Å². The van der Waals surface area contributed by atoms with E-state index in [0.29, 0.717) is 17.7 Å². The fourth-order valence-corrected chi connectivity index (χ4v) is 5.56. The van der Waals surface area contributed by atoms with Crippen molar-refractivity contribution in [1.82, 2.24) is 14.9 Å². The Bertz CT molecular complexity index is 1270. The Morgan fingerprint density at radius 1 is 1.15 bits per heavy atom. The van der Waals surface area contributed by atoms with Crippen LogP contribution in [0.4, 0.5) is 11.6 Å². The number of hydrogen-bond donors (Lipinski definition) is 1. The average Bonchev–Trinajstić information content (AvgIpc) is 3.52. The molecule has 1 N–H and O–H groups in total. The zero-order chi connectivity index (χ0) is 28.5. The molecule has 210 valence electrons. The Kier molecular flexibility index (Phi) is 8.16. The Labute approximate surface area is 230 Å². The predicted molar refractivity (Wildman–Crippen MR) is 151 cm³/mol. The van der Waals surface area contributed by atoms with Crippen molar-refractivity contribution in [1.29, 1.82) is 0 Å². The van der Waals surface area contributed by atoms with Gasteiger partial charge in [-0.05, 0) is 39.1 Å². The largest absolute Gasteiger partial charge is 0.479 e. The van der Waals surface area contributed by atoms with Crippen molar-refractivity contribution in [2.75, 3.05) is 51.6 Å². The van der Waals surface area contributed by atoms with Crippen LogP contribution in [0.15, 0.2) is 30.2 Å². The number of nitrogens with zero attached hydrogens (tertiary/aromatic N) is 4. The number of aryl methyl sites for hydroxylation is 1. The molecule has 0 radical (unpaired) electrons. The molecule has 0 bridgehead atoms. The fourth-order valence-electron chi connectivity index (χ4n) is 4.41. The molecule has 2 atom stereocenters. The minimum absolute atomic E-state index is 0.0361. The van der Waals surface area contributed by atoms with E-state index in [-0.39, 0.29) is 23.4 Å². The zero-order valence-electron chi connectivity index (χ0n) is 23.8. The van der Waals surface area contributed by atoms with E-state index < -0.39 is 25.9 Å². The van der Waals surface area contributed by atoms with Crippen LogP contribution >= 0.6 is 0 Å². The monoisotopic (exact) mass is 555 g/mol. The highest BCUT2D eigenvalue weighted by molar-refractivity contribution is 6.88. The number of amides is 1. The third-order valence-electron chi connectivity index (χ3n) is 6.90. The lowest BCUT2D eigenvalue weighted by Crippen LogP contribution is -2.37. The van der Waals surface area contributed by atoms with Crippen molar-refractivity contribution >= 4 is 36.6 Å². The van der Waals surface area contributed by atoms with Crippen LogP contribution in [0.1, 0.15) is 12.0 Å². The van der Waals surface area contributed by atoms with Crippen LogP contribution in [0, 0.1) is 6.92 Å². The SMILES string of the molecule is COc1nc(N2CCC(N(C)C)C2)nc(OC)c1NC(=O)C1OC(Oc2cc([Si](C)(C)C)ccc2C)=CC1=O. The number of ketones is 1. The normalized spacial score (nSPS) is 19.2. The smallest absolute Gasteiger partial charge is 0.289 e. The van der Waals surface area contributed by atoms with Gasteiger partial charge in [-0.25, -0.2) is 0 Å². The van der Waals surface area contributed by atoms with E-state index in [9.17, 15) is 9.59 Å². The number of rotatable bonds is 9. The second-order valence-electron chi connectivity index (χ2n) is 11.0. The first-order chi connectivity index (χ1) is 18.4. The van der Waals surface area contributed by atoms with Gasteiger partial charge < -0.3 is 34.1 Å². The van der Waals surface area contributed by atoms with Gasteiger partial charge in [0.25, 0.3) is 11.9 Å². The van der Waals surface area contributed by atoms with Crippen LogP contribution < -0.4 is 29.6 Å². The van der Waals surface area contributed by atoms with Crippen LogP contribution in [-0.2, 0) is 14.3 Å². The molecular formula is C27H37N5O6Si. The van der Waals surface area contributed by atoms with Gasteiger partial charge in [-0.1, -0.05) is 37.0 Å². The third kappa shape index (κ3) is 6.17. The molecule has 0 spiro atoms. The molecule has 0 aliphatic carbocycles. The quantitative estimate of drug-likeness (QED) is 0.365. The summed E-state index contributed by atoms with van der Waals surface area (Å²) in [5.41, 5.74) is 1.00. The van der Waals surface area contributed by atoms with Gasteiger partial charge in [-0.15, -0.1) is 0 Å². The first-order valence-electron chi connectivity index (χ1n) is 12.8. The number of ether oxygens (including phenoxy) is 4. The van der Waals surface area contributed by atoms with Gasteiger partial charge in [0.05, 0.1) is 28.4 Å². The highest BCUT2D eigenvalue weighted by Crippen LogP contribution is 2.35. The second-order valence-corrected chi connectivity index (χ2v) is 16.0. The summed E-state index contributed by atoms with van der Waals surface area (Å²) in [6.45, 7) is 10.2. The van der Waals surface area contributed by atoms with Crippen molar-refractivity contribution in [3.63, 3.8) is 0 Å². The molecule has 1 saturated heterocycles. The standard InChI is InChI=1S/C27H37N5O6Si/c1-16-9-10-18(39(6,7)8)13-20(16)37-21-14-19(33)23(38-21)24(34)28-22-25(35-4)29-27(30-26(22)36-5)32-12-11-17(15-32)31(2)3/h9-10,13-14,17,23H,11-12,15H2,1-8H3,(H,28,34).